The smallest absolute Gasteiger partial charge is 0.345 e. The maximum atomic E-state index is 10.7. The van der Waals surface area contributed by atoms with Crippen LogP contribution in [0.25, 0.3) is 12.2 Å². The lowest BCUT2D eigenvalue weighted by atomic mass is 10.2. The molecule has 0 radical (unpaired) electrons. The molecule has 1 aliphatic rings. The van der Waals surface area contributed by atoms with Crippen LogP contribution < -0.4 is 5.32 Å². The quantitative estimate of drug-likeness (QED) is 0.717. The van der Waals surface area contributed by atoms with Crippen LogP contribution in [-0.4, -0.2) is 11.1 Å². The van der Waals surface area contributed by atoms with E-state index in [4.69, 9.17) is 5.11 Å². The third-order valence-electron chi connectivity index (χ3n) is 1.69. The molecule has 0 unspecified atom stereocenters. The molecule has 0 fully saturated rings. The summed E-state index contributed by atoms with van der Waals surface area (Å²) in [5, 5.41) is 11.7. The van der Waals surface area contributed by atoms with Gasteiger partial charge >= 0.3 is 5.97 Å². The number of carboxylic acid groups (broad SMARTS) is 1. The Morgan fingerprint density at radius 2 is 2.15 bits per heavy atom. The number of hydrogen-bond acceptors (Lipinski definition) is 3. The van der Waals surface area contributed by atoms with Crippen molar-refractivity contribution in [2.75, 3.05) is 0 Å². The van der Waals surface area contributed by atoms with Crippen molar-refractivity contribution in [2.24, 2.45) is 0 Å². The number of fused-ring (bicyclic) bond motifs is 1. The highest BCUT2D eigenvalue weighted by molar-refractivity contribution is 7.15. The van der Waals surface area contributed by atoms with Crippen molar-refractivity contribution in [1.29, 1.82) is 0 Å². The van der Waals surface area contributed by atoms with Gasteiger partial charge in [0.15, 0.2) is 0 Å². The second-order valence-corrected chi connectivity index (χ2v) is 3.65. The SMILES string of the molecule is O=C(O)c1cc2c(s1)C=CNC=C2. The highest BCUT2D eigenvalue weighted by atomic mass is 32.1. The topological polar surface area (TPSA) is 49.3 Å². The molecular formula is C9H7NO2S. The Bertz CT molecular complexity index is 374. The summed E-state index contributed by atoms with van der Waals surface area (Å²) in [6.45, 7) is 0. The van der Waals surface area contributed by atoms with Gasteiger partial charge in [-0.1, -0.05) is 0 Å². The maximum Gasteiger partial charge on any atom is 0.345 e. The van der Waals surface area contributed by atoms with Crippen LogP contribution in [0, 0.1) is 0 Å². The van der Waals surface area contributed by atoms with Crippen LogP contribution in [-0.2, 0) is 0 Å². The molecule has 2 rings (SSSR count). The van der Waals surface area contributed by atoms with Gasteiger partial charge in [0, 0.05) is 17.3 Å². The molecule has 0 atom stereocenters. The fraction of sp³-hybridized carbons (Fsp3) is 0. The van der Waals surface area contributed by atoms with Gasteiger partial charge in [0.05, 0.1) is 0 Å². The van der Waals surface area contributed by atoms with E-state index in [1.165, 1.54) is 11.3 Å². The summed E-state index contributed by atoms with van der Waals surface area (Å²) in [6.07, 6.45) is 7.29. The van der Waals surface area contributed by atoms with E-state index in [1.54, 1.807) is 18.5 Å². The van der Waals surface area contributed by atoms with Gasteiger partial charge in [-0.3, -0.25) is 0 Å². The molecular weight excluding hydrogens is 186 g/mol. The zero-order valence-corrected chi connectivity index (χ0v) is 7.47. The first-order valence-corrected chi connectivity index (χ1v) is 4.55. The van der Waals surface area contributed by atoms with Gasteiger partial charge in [-0.15, -0.1) is 11.3 Å². The lowest BCUT2D eigenvalue weighted by molar-refractivity contribution is 0.0702. The molecule has 13 heavy (non-hydrogen) atoms. The van der Waals surface area contributed by atoms with E-state index in [0.717, 1.165) is 10.4 Å². The largest absolute Gasteiger partial charge is 0.477 e. The molecule has 0 aromatic carbocycles. The van der Waals surface area contributed by atoms with Crippen molar-refractivity contribution >= 4 is 29.5 Å². The minimum absolute atomic E-state index is 0.376. The Balaban J connectivity index is 2.50. The van der Waals surface area contributed by atoms with Gasteiger partial charge in [0.1, 0.15) is 4.88 Å². The number of rotatable bonds is 1. The minimum atomic E-state index is -0.868. The van der Waals surface area contributed by atoms with Crippen molar-refractivity contribution < 1.29 is 9.90 Å². The molecule has 2 heterocycles. The number of aromatic carboxylic acids is 1. The third kappa shape index (κ3) is 1.48. The fourth-order valence-corrected chi connectivity index (χ4v) is 1.99. The first kappa shape index (κ1) is 8.07. The van der Waals surface area contributed by atoms with Crippen LogP contribution >= 0.6 is 11.3 Å². The monoisotopic (exact) mass is 193 g/mol. The molecule has 0 bridgehead atoms. The average molecular weight is 193 g/mol. The summed E-state index contributed by atoms with van der Waals surface area (Å²) in [5.41, 5.74) is 0.948. The Hall–Kier alpha value is -1.55. The lowest BCUT2D eigenvalue weighted by Crippen LogP contribution is -1.90. The van der Waals surface area contributed by atoms with Gasteiger partial charge in [-0.05, 0) is 23.8 Å². The number of carboxylic acids is 1. The zero-order valence-electron chi connectivity index (χ0n) is 6.65. The van der Waals surface area contributed by atoms with Gasteiger partial charge in [-0.25, -0.2) is 4.79 Å². The average Bonchev–Trinajstić information content (AvgIpc) is 2.38. The number of hydrogen-bond donors (Lipinski definition) is 2. The van der Waals surface area contributed by atoms with Crippen LogP contribution in [0.15, 0.2) is 18.5 Å². The first-order valence-electron chi connectivity index (χ1n) is 3.73. The van der Waals surface area contributed by atoms with Crippen molar-refractivity contribution in [1.82, 2.24) is 5.32 Å². The Kier molecular flexibility index (Phi) is 1.90. The molecule has 1 aliphatic heterocycles. The number of carbonyl (C=O) groups is 1. The van der Waals surface area contributed by atoms with E-state index in [0.29, 0.717) is 4.88 Å². The molecule has 0 aliphatic carbocycles. The number of nitrogens with one attached hydrogen (secondary N) is 1. The molecule has 0 saturated heterocycles. The molecule has 2 N–H and O–H groups in total. The summed E-state index contributed by atoms with van der Waals surface area (Å²) < 4.78 is 0. The molecule has 1 aromatic rings. The first-order chi connectivity index (χ1) is 6.27. The van der Waals surface area contributed by atoms with Crippen LogP contribution in [0.2, 0.25) is 0 Å². The standard InChI is InChI=1S/C9H7NO2S/c11-9(12)8-5-6-1-3-10-4-2-7(6)13-8/h1-5,10H,(H,11,12). The zero-order chi connectivity index (χ0) is 9.26. The Morgan fingerprint density at radius 1 is 1.38 bits per heavy atom. The minimum Gasteiger partial charge on any atom is -0.477 e. The molecule has 4 heteroatoms. The predicted molar refractivity (Wildman–Crippen MR) is 52.5 cm³/mol. The number of thiophene rings is 1. The van der Waals surface area contributed by atoms with Crippen LogP contribution in [0.1, 0.15) is 20.1 Å². The highest BCUT2D eigenvalue weighted by Gasteiger charge is 2.10. The molecule has 3 nitrogen and oxygen atoms in total. The summed E-state index contributed by atoms with van der Waals surface area (Å²) in [4.78, 5) is 12.0. The summed E-state index contributed by atoms with van der Waals surface area (Å²) in [5.74, 6) is -0.868. The summed E-state index contributed by atoms with van der Waals surface area (Å²) in [7, 11) is 0. The lowest BCUT2D eigenvalue weighted by Gasteiger charge is -1.84. The van der Waals surface area contributed by atoms with Gasteiger partial charge in [0.2, 0.25) is 0 Å². The molecule has 0 amide bonds. The van der Waals surface area contributed by atoms with E-state index in [1.807, 2.05) is 12.2 Å². The molecule has 66 valence electrons. The van der Waals surface area contributed by atoms with E-state index in [9.17, 15) is 4.79 Å². The van der Waals surface area contributed by atoms with Crippen LogP contribution in [0.3, 0.4) is 0 Å². The van der Waals surface area contributed by atoms with Gasteiger partial charge in [0.25, 0.3) is 0 Å². The third-order valence-corrected chi connectivity index (χ3v) is 2.80. The van der Waals surface area contributed by atoms with Crippen molar-refractivity contribution in [3.63, 3.8) is 0 Å². The maximum absolute atomic E-state index is 10.7. The Labute approximate surface area is 79.0 Å². The highest BCUT2D eigenvalue weighted by Crippen LogP contribution is 2.25. The van der Waals surface area contributed by atoms with E-state index >= 15 is 0 Å². The van der Waals surface area contributed by atoms with Crippen molar-refractivity contribution in [3.8, 4) is 0 Å². The summed E-state index contributed by atoms with van der Waals surface area (Å²) in [6, 6.07) is 1.68. The van der Waals surface area contributed by atoms with E-state index in [2.05, 4.69) is 5.32 Å². The van der Waals surface area contributed by atoms with Crippen LogP contribution in [0.5, 0.6) is 0 Å². The Morgan fingerprint density at radius 3 is 2.92 bits per heavy atom. The fourth-order valence-electron chi connectivity index (χ4n) is 1.10. The van der Waals surface area contributed by atoms with Crippen molar-refractivity contribution in [3.05, 3.63) is 33.8 Å². The van der Waals surface area contributed by atoms with Gasteiger partial charge in [-0.2, -0.15) is 0 Å². The van der Waals surface area contributed by atoms with Crippen LogP contribution in [0.4, 0.5) is 0 Å². The molecule has 0 saturated carbocycles. The molecule has 1 aromatic heterocycles. The normalized spacial score (nSPS) is 13.2. The predicted octanol–water partition coefficient (Wildman–Crippen LogP) is 1.99. The second-order valence-electron chi connectivity index (χ2n) is 2.57. The molecule has 0 spiro atoms. The van der Waals surface area contributed by atoms with Crippen molar-refractivity contribution in [2.45, 2.75) is 0 Å². The van der Waals surface area contributed by atoms with Gasteiger partial charge < -0.3 is 10.4 Å². The van der Waals surface area contributed by atoms with E-state index < -0.39 is 5.97 Å². The van der Waals surface area contributed by atoms with E-state index in [-0.39, 0.29) is 0 Å². The summed E-state index contributed by atoms with van der Waals surface area (Å²) >= 11 is 1.28. The second kappa shape index (κ2) is 3.06.